The molecule has 88 valence electrons. The normalized spacial score (nSPS) is 10.2. The summed E-state index contributed by atoms with van der Waals surface area (Å²) in [6, 6.07) is 0. The maximum absolute atomic E-state index is 10.6. The third-order valence-electron chi connectivity index (χ3n) is 2.53. The Bertz CT molecular complexity index is 166. The second kappa shape index (κ2) is 12.0. The highest BCUT2D eigenvalue weighted by molar-refractivity contribution is 9.18. The van der Waals surface area contributed by atoms with E-state index >= 15 is 0 Å². The number of carbonyl (C=O) groups is 1. The number of unbranched alkanes of at least 4 members (excludes halogenated alkanes) is 8. The lowest BCUT2D eigenvalue weighted by Gasteiger charge is -2.00. The van der Waals surface area contributed by atoms with Gasteiger partial charge in [0.2, 0.25) is 0 Å². The maximum Gasteiger partial charge on any atom is 0.197 e. The molecule has 0 aromatic carbocycles. The van der Waals surface area contributed by atoms with Crippen molar-refractivity contribution < 1.29 is 4.79 Å². The lowest BCUT2D eigenvalue weighted by Crippen LogP contribution is -1.86. The summed E-state index contributed by atoms with van der Waals surface area (Å²) in [6.07, 6.45) is 14.0. The van der Waals surface area contributed by atoms with Crippen molar-refractivity contribution >= 4 is 20.6 Å². The highest BCUT2D eigenvalue weighted by atomic mass is 79.9. The topological polar surface area (TPSA) is 17.1 Å². The van der Waals surface area contributed by atoms with Crippen LogP contribution in [0.25, 0.3) is 0 Å². The van der Waals surface area contributed by atoms with Gasteiger partial charge in [-0.1, -0.05) is 44.6 Å². The van der Waals surface area contributed by atoms with Gasteiger partial charge in [-0.3, -0.25) is 4.79 Å². The number of hydrogen-bond donors (Lipinski definition) is 0. The predicted molar refractivity (Wildman–Crippen MR) is 70.3 cm³/mol. The van der Waals surface area contributed by atoms with Gasteiger partial charge in [-0.2, -0.15) is 0 Å². The first-order valence-electron chi connectivity index (χ1n) is 6.06. The van der Waals surface area contributed by atoms with Gasteiger partial charge in [-0.05, 0) is 35.2 Å². The molecule has 0 aliphatic carbocycles. The van der Waals surface area contributed by atoms with Crippen LogP contribution < -0.4 is 0 Å². The molecule has 0 aliphatic rings. The van der Waals surface area contributed by atoms with E-state index in [1.54, 1.807) is 0 Å². The van der Waals surface area contributed by atoms with E-state index in [1.165, 1.54) is 44.9 Å². The van der Waals surface area contributed by atoms with Crippen molar-refractivity contribution in [3.8, 4) is 0 Å². The molecule has 15 heavy (non-hydrogen) atoms. The highest BCUT2D eigenvalue weighted by Gasteiger charge is 1.95. The first kappa shape index (κ1) is 14.9. The first-order chi connectivity index (χ1) is 7.27. The summed E-state index contributed by atoms with van der Waals surface area (Å²) in [5.41, 5.74) is 0. The molecule has 0 unspecified atom stereocenters. The number of rotatable bonds is 11. The van der Waals surface area contributed by atoms with Gasteiger partial charge < -0.3 is 0 Å². The molecule has 0 radical (unpaired) electrons. The molecule has 0 amide bonds. The largest absolute Gasteiger partial charge is 0.287 e. The van der Waals surface area contributed by atoms with Crippen LogP contribution in [0.15, 0.2) is 12.7 Å². The minimum absolute atomic E-state index is 0.145. The van der Waals surface area contributed by atoms with E-state index in [0.717, 1.165) is 12.8 Å². The molecule has 0 saturated heterocycles. The zero-order valence-electron chi connectivity index (χ0n) is 9.64. The van der Waals surface area contributed by atoms with Gasteiger partial charge >= 0.3 is 0 Å². The summed E-state index contributed by atoms with van der Waals surface area (Å²) < 4.78 is 0.145. The van der Waals surface area contributed by atoms with E-state index < -0.39 is 0 Å². The number of hydrogen-bond acceptors (Lipinski definition) is 1. The van der Waals surface area contributed by atoms with Gasteiger partial charge in [0.05, 0.1) is 0 Å². The van der Waals surface area contributed by atoms with Gasteiger partial charge in [0, 0.05) is 6.42 Å². The number of allylic oxidation sites excluding steroid dienone is 1. The molecule has 0 bridgehead atoms. The van der Waals surface area contributed by atoms with Crippen LogP contribution in [0, 0.1) is 0 Å². The lowest BCUT2D eigenvalue weighted by atomic mass is 10.1. The summed E-state index contributed by atoms with van der Waals surface area (Å²) in [5, 5.41) is 0. The quantitative estimate of drug-likeness (QED) is 0.295. The minimum Gasteiger partial charge on any atom is -0.287 e. The Morgan fingerprint density at radius 2 is 1.40 bits per heavy atom. The third kappa shape index (κ3) is 13.9. The van der Waals surface area contributed by atoms with E-state index in [0.29, 0.717) is 6.42 Å². The molecule has 0 N–H and O–H groups in total. The standard InChI is InChI=1S/C13H23BrO/c1-2-3-4-5-6-7-8-9-10-11-12-13(14)15/h2H,1,3-12H2. The smallest absolute Gasteiger partial charge is 0.197 e. The molecule has 0 aromatic heterocycles. The van der Waals surface area contributed by atoms with Gasteiger partial charge in [0.25, 0.3) is 0 Å². The number of halogens is 1. The highest BCUT2D eigenvalue weighted by Crippen LogP contribution is 2.11. The fraction of sp³-hybridized carbons (Fsp3) is 0.769. The molecule has 0 fully saturated rings. The Kier molecular flexibility index (Phi) is 11.9. The second-order valence-corrected chi connectivity index (χ2v) is 4.90. The Morgan fingerprint density at radius 3 is 1.87 bits per heavy atom. The summed E-state index contributed by atoms with van der Waals surface area (Å²) in [7, 11) is 0. The van der Waals surface area contributed by atoms with Crippen molar-refractivity contribution in [3.63, 3.8) is 0 Å². The van der Waals surface area contributed by atoms with E-state index in [9.17, 15) is 4.79 Å². The van der Waals surface area contributed by atoms with Gasteiger partial charge in [0.1, 0.15) is 0 Å². The van der Waals surface area contributed by atoms with E-state index in [1.807, 2.05) is 6.08 Å². The molecule has 0 saturated carbocycles. The fourth-order valence-corrected chi connectivity index (χ4v) is 1.89. The zero-order valence-corrected chi connectivity index (χ0v) is 11.2. The molecule has 0 rings (SSSR count). The van der Waals surface area contributed by atoms with Gasteiger partial charge in [0.15, 0.2) is 4.69 Å². The maximum atomic E-state index is 10.6. The van der Waals surface area contributed by atoms with Crippen LogP contribution in [0.4, 0.5) is 0 Å². The van der Waals surface area contributed by atoms with Crippen LogP contribution in [-0.4, -0.2) is 4.69 Å². The molecule has 0 atom stereocenters. The van der Waals surface area contributed by atoms with E-state index in [4.69, 9.17) is 0 Å². The van der Waals surface area contributed by atoms with Crippen molar-refractivity contribution in [1.82, 2.24) is 0 Å². The summed E-state index contributed by atoms with van der Waals surface area (Å²) in [5.74, 6) is 0. The van der Waals surface area contributed by atoms with Crippen molar-refractivity contribution in [2.75, 3.05) is 0 Å². The van der Waals surface area contributed by atoms with Crippen molar-refractivity contribution in [1.29, 1.82) is 0 Å². The fourth-order valence-electron chi connectivity index (χ4n) is 1.61. The SMILES string of the molecule is C=CCCCCCCCCCCC(=O)Br. The van der Waals surface area contributed by atoms with E-state index in [2.05, 4.69) is 22.5 Å². The zero-order chi connectivity index (χ0) is 11.4. The molecule has 1 nitrogen and oxygen atoms in total. The average molecular weight is 275 g/mol. The van der Waals surface area contributed by atoms with Crippen LogP contribution in [0.5, 0.6) is 0 Å². The average Bonchev–Trinajstić information content (AvgIpc) is 2.20. The second-order valence-electron chi connectivity index (χ2n) is 4.01. The van der Waals surface area contributed by atoms with Crippen molar-refractivity contribution in [2.45, 2.75) is 64.2 Å². The monoisotopic (exact) mass is 274 g/mol. The summed E-state index contributed by atoms with van der Waals surface area (Å²) in [4.78, 5) is 10.6. The molecular weight excluding hydrogens is 252 g/mol. The molecule has 2 heteroatoms. The summed E-state index contributed by atoms with van der Waals surface area (Å²) >= 11 is 2.95. The van der Waals surface area contributed by atoms with Crippen LogP contribution in [-0.2, 0) is 4.79 Å². The third-order valence-corrected chi connectivity index (χ3v) is 2.93. The molecule has 0 aliphatic heterocycles. The Labute approximate surface area is 102 Å². The Balaban J connectivity index is 2.92. The Hall–Kier alpha value is -0.110. The first-order valence-corrected chi connectivity index (χ1v) is 6.86. The van der Waals surface area contributed by atoms with E-state index in [-0.39, 0.29) is 4.69 Å². The van der Waals surface area contributed by atoms with Gasteiger partial charge in [-0.25, -0.2) is 0 Å². The minimum atomic E-state index is 0.145. The van der Waals surface area contributed by atoms with Crippen LogP contribution in [0.3, 0.4) is 0 Å². The summed E-state index contributed by atoms with van der Waals surface area (Å²) in [6.45, 7) is 3.71. The van der Waals surface area contributed by atoms with Crippen LogP contribution >= 0.6 is 15.9 Å². The lowest BCUT2D eigenvalue weighted by molar-refractivity contribution is -0.110. The van der Waals surface area contributed by atoms with Crippen molar-refractivity contribution in [3.05, 3.63) is 12.7 Å². The molecule has 0 aromatic rings. The predicted octanol–water partition coefficient (Wildman–Crippen LogP) is 4.99. The molecular formula is C13H23BrO. The number of carbonyl (C=O) groups excluding carboxylic acids is 1. The van der Waals surface area contributed by atoms with Crippen LogP contribution in [0.2, 0.25) is 0 Å². The molecule has 0 spiro atoms. The Morgan fingerprint density at radius 1 is 0.933 bits per heavy atom. The molecule has 0 heterocycles. The van der Waals surface area contributed by atoms with Crippen LogP contribution in [0.1, 0.15) is 64.2 Å². The van der Waals surface area contributed by atoms with Crippen molar-refractivity contribution in [2.24, 2.45) is 0 Å². The van der Waals surface area contributed by atoms with Gasteiger partial charge in [-0.15, -0.1) is 6.58 Å².